The fourth-order valence-electron chi connectivity index (χ4n) is 2.04. The highest BCUT2D eigenvalue weighted by Gasteiger charge is 2.30. The highest BCUT2D eigenvalue weighted by Crippen LogP contribution is 2.29. The van der Waals surface area contributed by atoms with Gasteiger partial charge in [-0.15, -0.1) is 4.40 Å². The Hall–Kier alpha value is -2.34. The summed E-state index contributed by atoms with van der Waals surface area (Å²) in [5.74, 6) is 0.623. The number of rotatable bonds is 1. The summed E-state index contributed by atoms with van der Waals surface area (Å²) in [5, 5.41) is 0. The number of hydrogen-bond donors (Lipinski definition) is 1. The van der Waals surface area contributed by atoms with Crippen molar-refractivity contribution in [1.29, 1.82) is 0 Å². The van der Waals surface area contributed by atoms with Crippen molar-refractivity contribution in [2.24, 2.45) is 4.40 Å². The van der Waals surface area contributed by atoms with Gasteiger partial charge in [0.25, 0.3) is 10.0 Å². The molecule has 6 heteroatoms. The van der Waals surface area contributed by atoms with E-state index in [1.54, 1.807) is 36.4 Å². The molecule has 0 unspecified atom stereocenters. The standard InChI is InChI=1S/C14H12N2O3S/c1-9-8-10(15)6-7-12(9)19-14-11-4-2-3-5-13(11)20(17,18)16-14/h2-8H,15H2,1H3. The number of fused-ring (bicyclic) bond motifs is 1. The molecule has 0 atom stereocenters. The lowest BCUT2D eigenvalue weighted by atomic mass is 10.2. The molecule has 5 nitrogen and oxygen atoms in total. The van der Waals surface area contributed by atoms with Gasteiger partial charge in [0.15, 0.2) is 0 Å². The Labute approximate surface area is 116 Å². The predicted octanol–water partition coefficient (Wildman–Crippen LogP) is 2.11. The van der Waals surface area contributed by atoms with Crippen molar-refractivity contribution in [1.82, 2.24) is 0 Å². The number of nitrogens with two attached hydrogens (primary N) is 1. The van der Waals surface area contributed by atoms with E-state index in [0.717, 1.165) is 5.56 Å². The molecular weight excluding hydrogens is 276 g/mol. The Morgan fingerprint density at radius 2 is 1.90 bits per heavy atom. The van der Waals surface area contributed by atoms with E-state index in [-0.39, 0.29) is 10.8 Å². The summed E-state index contributed by atoms with van der Waals surface area (Å²) in [6.07, 6.45) is 0. The highest BCUT2D eigenvalue weighted by atomic mass is 32.2. The van der Waals surface area contributed by atoms with Crippen molar-refractivity contribution in [3.05, 3.63) is 53.6 Å². The summed E-state index contributed by atoms with van der Waals surface area (Å²) in [5.41, 5.74) is 7.59. The van der Waals surface area contributed by atoms with Crippen molar-refractivity contribution in [3.63, 3.8) is 0 Å². The zero-order chi connectivity index (χ0) is 14.3. The smallest absolute Gasteiger partial charge is 0.286 e. The second kappa shape index (κ2) is 4.35. The van der Waals surface area contributed by atoms with Gasteiger partial charge in [-0.05, 0) is 42.8 Å². The molecule has 0 saturated carbocycles. The average molecular weight is 288 g/mol. The van der Waals surface area contributed by atoms with E-state index >= 15 is 0 Å². The molecule has 0 saturated heterocycles. The number of anilines is 1. The van der Waals surface area contributed by atoms with Gasteiger partial charge in [-0.1, -0.05) is 12.1 Å². The summed E-state index contributed by atoms with van der Waals surface area (Å²) in [6, 6.07) is 11.7. The minimum atomic E-state index is -3.66. The maximum Gasteiger partial charge on any atom is 0.286 e. The van der Waals surface area contributed by atoms with Gasteiger partial charge in [0.05, 0.1) is 5.56 Å². The summed E-state index contributed by atoms with van der Waals surface area (Å²) < 4.78 is 33.1. The van der Waals surface area contributed by atoms with Crippen molar-refractivity contribution in [2.45, 2.75) is 11.8 Å². The second-order valence-corrected chi connectivity index (χ2v) is 6.07. The van der Waals surface area contributed by atoms with Gasteiger partial charge in [-0.25, -0.2) is 0 Å². The maximum absolute atomic E-state index is 11.9. The van der Waals surface area contributed by atoms with Crippen LogP contribution in [0, 0.1) is 6.92 Å². The summed E-state index contributed by atoms with van der Waals surface area (Å²) >= 11 is 0. The van der Waals surface area contributed by atoms with Crippen LogP contribution in [0.25, 0.3) is 0 Å². The van der Waals surface area contributed by atoms with Gasteiger partial charge in [0.1, 0.15) is 10.6 Å². The highest BCUT2D eigenvalue weighted by molar-refractivity contribution is 7.90. The molecule has 1 heterocycles. The first-order valence-electron chi connectivity index (χ1n) is 5.96. The minimum Gasteiger partial charge on any atom is -0.437 e. The molecule has 0 bridgehead atoms. The molecule has 0 radical (unpaired) electrons. The number of benzene rings is 2. The molecule has 1 aliphatic rings. The van der Waals surface area contributed by atoms with Crippen LogP contribution in [-0.2, 0) is 10.0 Å². The lowest BCUT2D eigenvalue weighted by molar-refractivity contribution is 0.549. The van der Waals surface area contributed by atoms with Crippen LogP contribution in [0.15, 0.2) is 51.8 Å². The van der Waals surface area contributed by atoms with Crippen LogP contribution in [0.2, 0.25) is 0 Å². The molecule has 0 spiro atoms. The van der Waals surface area contributed by atoms with Crippen LogP contribution in [0.1, 0.15) is 11.1 Å². The van der Waals surface area contributed by atoms with E-state index in [2.05, 4.69) is 4.40 Å². The average Bonchev–Trinajstić information content (AvgIpc) is 2.65. The van der Waals surface area contributed by atoms with Crippen LogP contribution < -0.4 is 10.5 Å². The third-order valence-corrected chi connectivity index (χ3v) is 4.32. The SMILES string of the molecule is Cc1cc(N)ccc1OC1=NS(=O)(=O)c2ccccc21. The summed E-state index contributed by atoms with van der Waals surface area (Å²) in [4.78, 5) is 0.170. The van der Waals surface area contributed by atoms with Crippen LogP contribution in [0.4, 0.5) is 5.69 Å². The molecule has 2 N–H and O–H groups in total. The molecule has 0 aromatic heterocycles. The molecule has 0 aliphatic carbocycles. The largest absolute Gasteiger partial charge is 0.437 e. The van der Waals surface area contributed by atoms with E-state index in [1.807, 2.05) is 6.92 Å². The number of nitrogen functional groups attached to an aromatic ring is 1. The van der Waals surface area contributed by atoms with Crippen molar-refractivity contribution in [3.8, 4) is 5.75 Å². The molecule has 0 fully saturated rings. The quantitative estimate of drug-likeness (QED) is 0.815. The molecular formula is C14H12N2O3S. The van der Waals surface area contributed by atoms with Gasteiger partial charge in [-0.2, -0.15) is 8.42 Å². The lowest BCUT2D eigenvalue weighted by Crippen LogP contribution is -2.08. The molecule has 102 valence electrons. The lowest BCUT2D eigenvalue weighted by Gasteiger charge is -2.08. The third-order valence-electron chi connectivity index (χ3n) is 3.00. The first-order chi connectivity index (χ1) is 9.47. The Bertz CT molecular complexity index is 826. The zero-order valence-corrected chi connectivity index (χ0v) is 11.5. The summed E-state index contributed by atoms with van der Waals surface area (Å²) in [6.45, 7) is 1.83. The van der Waals surface area contributed by atoms with Gasteiger partial charge < -0.3 is 10.5 Å². The van der Waals surface area contributed by atoms with E-state index in [1.165, 1.54) is 6.07 Å². The van der Waals surface area contributed by atoms with Gasteiger partial charge in [0, 0.05) is 5.69 Å². The van der Waals surface area contributed by atoms with E-state index in [4.69, 9.17) is 10.5 Å². The van der Waals surface area contributed by atoms with E-state index in [0.29, 0.717) is 17.0 Å². The first-order valence-corrected chi connectivity index (χ1v) is 7.40. The van der Waals surface area contributed by atoms with Crippen LogP contribution in [0.3, 0.4) is 0 Å². The van der Waals surface area contributed by atoms with Crippen LogP contribution >= 0.6 is 0 Å². The second-order valence-electron chi connectivity index (χ2n) is 4.49. The number of sulfonamides is 1. The normalized spacial score (nSPS) is 15.6. The number of hydrogen-bond acceptors (Lipinski definition) is 4. The fraction of sp³-hybridized carbons (Fsp3) is 0.0714. The van der Waals surface area contributed by atoms with Crippen LogP contribution in [0.5, 0.6) is 5.75 Å². The Kier molecular flexibility index (Phi) is 2.76. The topological polar surface area (TPSA) is 81.8 Å². The first kappa shape index (κ1) is 12.7. The summed E-state index contributed by atoms with van der Waals surface area (Å²) in [7, 11) is -3.66. The monoisotopic (exact) mass is 288 g/mol. The van der Waals surface area contributed by atoms with Gasteiger partial charge >= 0.3 is 0 Å². The van der Waals surface area contributed by atoms with Gasteiger partial charge in [-0.3, -0.25) is 0 Å². The van der Waals surface area contributed by atoms with Crippen molar-refractivity contribution >= 4 is 21.6 Å². The van der Waals surface area contributed by atoms with Crippen LogP contribution in [-0.4, -0.2) is 14.3 Å². The zero-order valence-electron chi connectivity index (χ0n) is 10.7. The third kappa shape index (κ3) is 2.04. The number of nitrogens with zero attached hydrogens (tertiary/aromatic N) is 1. The molecule has 0 amide bonds. The molecule has 2 aromatic rings. The minimum absolute atomic E-state index is 0.0912. The number of ether oxygens (including phenoxy) is 1. The molecule has 2 aromatic carbocycles. The number of aryl methyl sites for hydroxylation is 1. The van der Waals surface area contributed by atoms with E-state index in [9.17, 15) is 8.42 Å². The Balaban J connectivity index is 2.05. The van der Waals surface area contributed by atoms with Crippen molar-refractivity contribution in [2.75, 3.05) is 5.73 Å². The van der Waals surface area contributed by atoms with E-state index < -0.39 is 10.0 Å². The van der Waals surface area contributed by atoms with Crippen molar-refractivity contribution < 1.29 is 13.2 Å². The predicted molar refractivity (Wildman–Crippen MR) is 76.4 cm³/mol. The molecule has 3 rings (SSSR count). The molecule has 1 aliphatic heterocycles. The fourth-order valence-corrected chi connectivity index (χ4v) is 3.18. The maximum atomic E-state index is 11.9. The molecule has 20 heavy (non-hydrogen) atoms. The Morgan fingerprint density at radius 3 is 2.65 bits per heavy atom. The Morgan fingerprint density at radius 1 is 1.15 bits per heavy atom. The van der Waals surface area contributed by atoms with Gasteiger partial charge in [0.2, 0.25) is 5.90 Å².